The number of nitrogens with one attached hydrogen (secondary N) is 1. The number of aryl methyl sites for hydroxylation is 1. The van der Waals surface area contributed by atoms with Crippen LogP contribution in [0.2, 0.25) is 0 Å². The second-order valence-electron chi connectivity index (χ2n) is 6.50. The second kappa shape index (κ2) is 8.28. The van der Waals surface area contributed by atoms with Gasteiger partial charge in [-0.15, -0.1) is 11.8 Å². The van der Waals surface area contributed by atoms with E-state index in [4.69, 9.17) is 4.98 Å². The van der Waals surface area contributed by atoms with Crippen molar-refractivity contribution in [1.82, 2.24) is 4.98 Å². The first-order chi connectivity index (χ1) is 13.7. The van der Waals surface area contributed by atoms with Crippen LogP contribution in [0.5, 0.6) is 0 Å². The van der Waals surface area contributed by atoms with Crippen molar-refractivity contribution in [3.8, 4) is 11.3 Å². The lowest BCUT2D eigenvalue weighted by Crippen LogP contribution is -2.14. The van der Waals surface area contributed by atoms with Gasteiger partial charge in [0.2, 0.25) is 5.91 Å². The van der Waals surface area contributed by atoms with E-state index in [1.54, 1.807) is 0 Å². The van der Waals surface area contributed by atoms with Gasteiger partial charge in [0.05, 0.1) is 17.0 Å². The fraction of sp³-hybridized carbons (Fsp3) is 0.0833. The molecule has 4 rings (SSSR count). The van der Waals surface area contributed by atoms with Gasteiger partial charge in [0.25, 0.3) is 0 Å². The van der Waals surface area contributed by atoms with E-state index in [0.717, 1.165) is 38.3 Å². The quantitative estimate of drug-likeness (QED) is 0.433. The average molecular weight is 385 g/mol. The third-order valence-corrected chi connectivity index (χ3v) is 5.74. The lowest BCUT2D eigenvalue weighted by atomic mass is 10.0. The Morgan fingerprint density at radius 1 is 0.893 bits per heavy atom. The number of fused-ring (bicyclic) bond motifs is 1. The molecule has 0 radical (unpaired) electrons. The van der Waals surface area contributed by atoms with Crippen LogP contribution in [0.25, 0.3) is 22.2 Å². The van der Waals surface area contributed by atoms with Gasteiger partial charge < -0.3 is 5.32 Å². The summed E-state index contributed by atoms with van der Waals surface area (Å²) >= 11 is 1.54. The standard InChI is InChI=1S/C24H20N2OS/c1-17-20-14-8-9-15-21(20)26-23(18-10-4-2-5-11-18)24(17)28-16-22(27)25-19-12-6-3-7-13-19/h2-15H,16H2,1H3,(H,25,27). The number of nitrogens with zero attached hydrogens (tertiary/aromatic N) is 1. The van der Waals surface area contributed by atoms with Crippen LogP contribution in [-0.2, 0) is 4.79 Å². The summed E-state index contributed by atoms with van der Waals surface area (Å²) in [5, 5.41) is 4.07. The molecular weight excluding hydrogens is 364 g/mol. The molecule has 0 aliphatic heterocycles. The molecule has 28 heavy (non-hydrogen) atoms. The number of aromatic nitrogens is 1. The molecule has 1 N–H and O–H groups in total. The third-order valence-electron chi connectivity index (χ3n) is 4.55. The Kier molecular flexibility index (Phi) is 5.40. The van der Waals surface area contributed by atoms with Crippen LogP contribution in [0.1, 0.15) is 5.56 Å². The highest BCUT2D eigenvalue weighted by molar-refractivity contribution is 8.00. The first kappa shape index (κ1) is 18.3. The minimum atomic E-state index is -0.0252. The van der Waals surface area contributed by atoms with Gasteiger partial charge >= 0.3 is 0 Å². The van der Waals surface area contributed by atoms with Gasteiger partial charge in [0, 0.05) is 21.5 Å². The van der Waals surface area contributed by atoms with E-state index in [2.05, 4.69) is 30.4 Å². The van der Waals surface area contributed by atoms with E-state index in [0.29, 0.717) is 5.75 Å². The Bertz CT molecular complexity index is 1110. The summed E-state index contributed by atoms with van der Waals surface area (Å²) in [6, 6.07) is 27.8. The molecule has 3 nitrogen and oxygen atoms in total. The Morgan fingerprint density at radius 2 is 1.54 bits per heavy atom. The lowest BCUT2D eigenvalue weighted by Gasteiger charge is -2.15. The van der Waals surface area contributed by atoms with Gasteiger partial charge in [-0.05, 0) is 30.7 Å². The minimum absolute atomic E-state index is 0.0252. The molecule has 0 aliphatic rings. The fourth-order valence-electron chi connectivity index (χ4n) is 3.18. The van der Waals surface area contributed by atoms with E-state index < -0.39 is 0 Å². The van der Waals surface area contributed by atoms with E-state index in [1.807, 2.05) is 66.7 Å². The molecule has 1 amide bonds. The van der Waals surface area contributed by atoms with Crippen molar-refractivity contribution in [3.63, 3.8) is 0 Å². The summed E-state index contributed by atoms with van der Waals surface area (Å²) in [6.07, 6.45) is 0. The van der Waals surface area contributed by atoms with Gasteiger partial charge in [-0.2, -0.15) is 0 Å². The number of thioether (sulfide) groups is 1. The number of carbonyl (C=O) groups is 1. The summed E-state index contributed by atoms with van der Waals surface area (Å²) in [7, 11) is 0. The van der Waals surface area contributed by atoms with Crippen molar-refractivity contribution < 1.29 is 4.79 Å². The summed E-state index contributed by atoms with van der Waals surface area (Å²) in [4.78, 5) is 18.4. The van der Waals surface area contributed by atoms with Crippen LogP contribution in [0, 0.1) is 6.92 Å². The fourth-order valence-corrected chi connectivity index (χ4v) is 4.16. The highest BCUT2D eigenvalue weighted by atomic mass is 32.2. The zero-order valence-electron chi connectivity index (χ0n) is 15.6. The first-order valence-electron chi connectivity index (χ1n) is 9.15. The molecule has 0 aliphatic carbocycles. The number of amides is 1. The molecule has 0 saturated carbocycles. The number of carbonyl (C=O) groups excluding carboxylic acids is 1. The van der Waals surface area contributed by atoms with Crippen LogP contribution in [0.4, 0.5) is 5.69 Å². The normalized spacial score (nSPS) is 10.8. The number of anilines is 1. The second-order valence-corrected chi connectivity index (χ2v) is 7.49. The number of hydrogen-bond acceptors (Lipinski definition) is 3. The zero-order valence-corrected chi connectivity index (χ0v) is 16.4. The molecule has 1 heterocycles. The van der Waals surface area contributed by atoms with Crippen molar-refractivity contribution >= 4 is 34.3 Å². The molecular formula is C24H20N2OS. The van der Waals surface area contributed by atoms with Crippen molar-refractivity contribution in [3.05, 3.63) is 90.5 Å². The average Bonchev–Trinajstić information content (AvgIpc) is 2.74. The van der Waals surface area contributed by atoms with Crippen molar-refractivity contribution in [2.75, 3.05) is 11.1 Å². The molecule has 138 valence electrons. The van der Waals surface area contributed by atoms with E-state index in [1.165, 1.54) is 11.8 Å². The molecule has 1 aromatic heterocycles. The maximum atomic E-state index is 12.5. The SMILES string of the molecule is Cc1c(SCC(=O)Nc2ccccc2)c(-c2ccccc2)nc2ccccc12. The van der Waals surface area contributed by atoms with Crippen LogP contribution in [0.3, 0.4) is 0 Å². The number of pyridine rings is 1. The highest BCUT2D eigenvalue weighted by Gasteiger charge is 2.15. The molecule has 0 atom stereocenters. The molecule has 0 fully saturated rings. The Balaban J connectivity index is 1.67. The highest BCUT2D eigenvalue weighted by Crippen LogP contribution is 2.36. The monoisotopic (exact) mass is 384 g/mol. The predicted octanol–water partition coefficient (Wildman–Crippen LogP) is 5.94. The lowest BCUT2D eigenvalue weighted by molar-refractivity contribution is -0.113. The maximum absolute atomic E-state index is 12.5. The van der Waals surface area contributed by atoms with Crippen LogP contribution < -0.4 is 5.32 Å². The van der Waals surface area contributed by atoms with Gasteiger partial charge in [0.15, 0.2) is 0 Å². The van der Waals surface area contributed by atoms with E-state index in [9.17, 15) is 4.79 Å². The number of rotatable bonds is 5. The molecule has 0 unspecified atom stereocenters. The minimum Gasteiger partial charge on any atom is -0.325 e. The summed E-state index contributed by atoms with van der Waals surface area (Å²) < 4.78 is 0. The maximum Gasteiger partial charge on any atom is 0.234 e. The Labute approximate surface area is 168 Å². The van der Waals surface area contributed by atoms with Gasteiger partial charge in [-0.3, -0.25) is 4.79 Å². The molecule has 3 aromatic carbocycles. The van der Waals surface area contributed by atoms with Crippen molar-refractivity contribution in [2.24, 2.45) is 0 Å². The Morgan fingerprint density at radius 3 is 2.29 bits per heavy atom. The van der Waals surface area contributed by atoms with Crippen LogP contribution in [0.15, 0.2) is 89.8 Å². The first-order valence-corrected chi connectivity index (χ1v) is 10.1. The van der Waals surface area contributed by atoms with Crippen LogP contribution >= 0.6 is 11.8 Å². The smallest absolute Gasteiger partial charge is 0.234 e. The molecule has 0 saturated heterocycles. The Hall–Kier alpha value is -3.11. The molecule has 4 aromatic rings. The van der Waals surface area contributed by atoms with E-state index >= 15 is 0 Å². The van der Waals surface area contributed by atoms with Crippen molar-refractivity contribution in [1.29, 1.82) is 0 Å². The predicted molar refractivity (Wildman–Crippen MR) is 118 cm³/mol. The molecule has 4 heteroatoms. The zero-order chi connectivity index (χ0) is 19.3. The summed E-state index contributed by atoms with van der Waals surface area (Å²) in [6.45, 7) is 2.11. The van der Waals surface area contributed by atoms with Gasteiger partial charge in [0.1, 0.15) is 0 Å². The van der Waals surface area contributed by atoms with Gasteiger partial charge in [-0.25, -0.2) is 4.98 Å². The van der Waals surface area contributed by atoms with Crippen LogP contribution in [-0.4, -0.2) is 16.6 Å². The summed E-state index contributed by atoms with van der Waals surface area (Å²) in [5.74, 6) is 0.304. The number of para-hydroxylation sites is 2. The van der Waals surface area contributed by atoms with E-state index in [-0.39, 0.29) is 5.91 Å². The largest absolute Gasteiger partial charge is 0.325 e. The molecule has 0 spiro atoms. The van der Waals surface area contributed by atoms with Gasteiger partial charge in [-0.1, -0.05) is 66.7 Å². The molecule has 0 bridgehead atoms. The number of hydrogen-bond donors (Lipinski definition) is 1. The number of benzene rings is 3. The summed E-state index contributed by atoms with van der Waals surface area (Å²) in [5.41, 5.74) is 4.92. The van der Waals surface area contributed by atoms with Crippen molar-refractivity contribution in [2.45, 2.75) is 11.8 Å². The third kappa shape index (κ3) is 3.92. The topological polar surface area (TPSA) is 42.0 Å².